The van der Waals surface area contributed by atoms with Crippen molar-refractivity contribution < 1.29 is 0 Å². The Morgan fingerprint density at radius 2 is 1.57 bits per heavy atom. The van der Waals surface area contributed by atoms with Crippen molar-refractivity contribution in [2.75, 3.05) is 0 Å². The van der Waals surface area contributed by atoms with E-state index in [1.54, 1.807) is 11.1 Å². The Morgan fingerprint density at radius 1 is 0.892 bits per heavy atom. The topological polar surface area (TPSA) is 38.7 Å². The third-order valence-electron chi connectivity index (χ3n) is 8.47. The Bertz CT molecular complexity index is 1320. The Morgan fingerprint density at radius 3 is 2.22 bits per heavy atom. The summed E-state index contributed by atoms with van der Waals surface area (Å²) in [5.41, 5.74) is 6.11. The third-order valence-corrected chi connectivity index (χ3v) is 11.8. The molecule has 0 N–H and O–H groups in total. The fourth-order valence-electron chi connectivity index (χ4n) is 6.36. The molecule has 4 aromatic rings. The molecule has 0 radical (unpaired) electrons. The van der Waals surface area contributed by atoms with E-state index in [1.807, 2.05) is 28.9 Å². The van der Waals surface area contributed by atoms with E-state index in [0.29, 0.717) is 0 Å². The fraction of sp³-hybridized carbons (Fsp3) is 0.567. The zero-order valence-electron chi connectivity index (χ0n) is 22.5. The molecule has 7 heteroatoms. The van der Waals surface area contributed by atoms with Crippen molar-refractivity contribution in [3.05, 3.63) is 39.3 Å². The quantitative estimate of drug-likeness (QED) is 0.150. The molecular formula is C30H38BrN3S3. The van der Waals surface area contributed by atoms with E-state index in [-0.39, 0.29) is 5.41 Å². The van der Waals surface area contributed by atoms with Gasteiger partial charge in [-0.15, -0.1) is 22.7 Å². The van der Waals surface area contributed by atoms with E-state index < -0.39 is 0 Å². The van der Waals surface area contributed by atoms with Gasteiger partial charge in [0.05, 0.1) is 21.1 Å². The van der Waals surface area contributed by atoms with Crippen LogP contribution in [0.3, 0.4) is 0 Å². The monoisotopic (exact) mass is 615 g/mol. The molecule has 0 aromatic carbocycles. The average Bonchev–Trinajstić information content (AvgIpc) is 3.69. The molecule has 1 aliphatic carbocycles. The maximum Gasteiger partial charge on any atom is 0.133 e. The van der Waals surface area contributed by atoms with E-state index in [2.05, 4.69) is 69.9 Å². The van der Waals surface area contributed by atoms with E-state index in [4.69, 9.17) is 4.98 Å². The predicted molar refractivity (Wildman–Crippen MR) is 166 cm³/mol. The molecule has 4 heterocycles. The van der Waals surface area contributed by atoms with Crippen LogP contribution in [0.25, 0.3) is 31.4 Å². The molecule has 0 bridgehead atoms. The zero-order valence-corrected chi connectivity index (χ0v) is 26.5. The van der Waals surface area contributed by atoms with Crippen LogP contribution in [0.4, 0.5) is 0 Å². The van der Waals surface area contributed by atoms with Crippen molar-refractivity contribution in [3.63, 3.8) is 0 Å². The molecule has 0 saturated heterocycles. The number of hydrogen-bond donors (Lipinski definition) is 0. The standard InChI is InChI=1S/C30H38BrN3S3/c1-5-9-11-19(7-3)16-30(17-20(8-4)12-10-6-2)21-13-14-35-28(21)29-22(30)15-24(36-29)26-27-25(33-37-34-27)23(31)18-32-26/h13-15,18-20H,5-12,16-17H2,1-4H3. The van der Waals surface area contributed by atoms with Crippen molar-refractivity contribution in [2.45, 2.75) is 97.3 Å². The molecular weight excluding hydrogens is 578 g/mol. The first-order valence-corrected chi connectivity index (χ1v) is 17.3. The molecule has 0 spiro atoms. The van der Waals surface area contributed by atoms with Gasteiger partial charge in [0.1, 0.15) is 16.7 Å². The summed E-state index contributed by atoms with van der Waals surface area (Å²) in [4.78, 5) is 9.09. The first-order chi connectivity index (χ1) is 18.1. The van der Waals surface area contributed by atoms with Gasteiger partial charge in [0.2, 0.25) is 0 Å². The highest BCUT2D eigenvalue weighted by molar-refractivity contribution is 9.10. The molecule has 4 aromatic heterocycles. The summed E-state index contributed by atoms with van der Waals surface area (Å²) in [5.74, 6) is 1.51. The molecule has 5 rings (SSSR count). The molecule has 0 aliphatic heterocycles. The molecule has 198 valence electrons. The third kappa shape index (κ3) is 5.10. The van der Waals surface area contributed by atoms with E-state index in [1.165, 1.54) is 90.6 Å². The highest BCUT2D eigenvalue weighted by Crippen LogP contribution is 2.61. The van der Waals surface area contributed by atoms with Crippen LogP contribution in [-0.2, 0) is 5.41 Å². The van der Waals surface area contributed by atoms with Gasteiger partial charge >= 0.3 is 0 Å². The van der Waals surface area contributed by atoms with Crippen LogP contribution < -0.4 is 0 Å². The normalized spacial score (nSPS) is 18.3. The Balaban J connectivity index is 1.64. The number of pyridine rings is 1. The number of hydrogen-bond acceptors (Lipinski definition) is 6. The molecule has 2 unspecified atom stereocenters. The van der Waals surface area contributed by atoms with E-state index in [9.17, 15) is 0 Å². The lowest BCUT2D eigenvalue weighted by atomic mass is 9.66. The van der Waals surface area contributed by atoms with Crippen LogP contribution in [0, 0.1) is 11.8 Å². The maximum atomic E-state index is 4.86. The summed E-state index contributed by atoms with van der Waals surface area (Å²) in [7, 11) is 0. The maximum absolute atomic E-state index is 4.86. The minimum Gasteiger partial charge on any atom is -0.252 e. The van der Waals surface area contributed by atoms with E-state index >= 15 is 0 Å². The number of unbranched alkanes of at least 4 members (excludes halogenated alkanes) is 2. The molecule has 0 saturated carbocycles. The van der Waals surface area contributed by atoms with Crippen LogP contribution in [-0.4, -0.2) is 13.7 Å². The van der Waals surface area contributed by atoms with Gasteiger partial charge in [-0.3, -0.25) is 4.98 Å². The Kier molecular flexibility index (Phi) is 8.84. The highest BCUT2D eigenvalue weighted by atomic mass is 79.9. The Labute approximate surface area is 242 Å². The summed E-state index contributed by atoms with van der Waals surface area (Å²) < 4.78 is 10.1. The zero-order chi connectivity index (χ0) is 26.0. The first-order valence-electron chi connectivity index (χ1n) is 14.1. The van der Waals surface area contributed by atoms with Gasteiger partial charge in [0.25, 0.3) is 0 Å². The number of aromatic nitrogens is 3. The van der Waals surface area contributed by atoms with Gasteiger partial charge in [0.15, 0.2) is 0 Å². The van der Waals surface area contributed by atoms with Crippen molar-refractivity contribution in [1.82, 2.24) is 13.7 Å². The smallest absolute Gasteiger partial charge is 0.133 e. The van der Waals surface area contributed by atoms with Gasteiger partial charge in [-0.05, 0) is 69.2 Å². The average molecular weight is 617 g/mol. The highest BCUT2D eigenvalue weighted by Gasteiger charge is 2.47. The second-order valence-electron chi connectivity index (χ2n) is 10.8. The lowest BCUT2D eigenvalue weighted by Crippen LogP contribution is -2.31. The van der Waals surface area contributed by atoms with Crippen molar-refractivity contribution in [2.24, 2.45) is 11.8 Å². The van der Waals surface area contributed by atoms with Crippen LogP contribution in [0.5, 0.6) is 0 Å². The summed E-state index contributed by atoms with van der Waals surface area (Å²) in [6.07, 6.45) is 14.8. The van der Waals surface area contributed by atoms with Crippen LogP contribution >= 0.6 is 50.3 Å². The molecule has 0 amide bonds. The summed E-state index contributed by atoms with van der Waals surface area (Å²) in [6, 6.07) is 4.97. The van der Waals surface area contributed by atoms with Crippen LogP contribution in [0.1, 0.15) is 103 Å². The lowest BCUT2D eigenvalue weighted by molar-refractivity contribution is 0.266. The second kappa shape index (κ2) is 11.9. The SMILES string of the molecule is CCCCC(CC)CC1(CC(CC)CCCC)c2ccsc2-c2sc(-c3ncc(Br)c4nsnc34)cc21. The van der Waals surface area contributed by atoms with Crippen molar-refractivity contribution >= 4 is 61.4 Å². The van der Waals surface area contributed by atoms with Crippen molar-refractivity contribution in [1.29, 1.82) is 0 Å². The van der Waals surface area contributed by atoms with E-state index in [0.717, 1.165) is 33.0 Å². The number of nitrogens with zero attached hydrogens (tertiary/aromatic N) is 3. The molecule has 3 nitrogen and oxygen atoms in total. The molecule has 2 atom stereocenters. The van der Waals surface area contributed by atoms with Gasteiger partial charge in [-0.2, -0.15) is 8.75 Å². The first kappa shape index (κ1) is 27.4. The number of rotatable bonds is 13. The van der Waals surface area contributed by atoms with Crippen LogP contribution in [0.15, 0.2) is 28.2 Å². The minimum absolute atomic E-state index is 0.108. The predicted octanol–water partition coefficient (Wildman–Crippen LogP) is 11.1. The van der Waals surface area contributed by atoms with Crippen molar-refractivity contribution in [3.8, 4) is 20.3 Å². The summed E-state index contributed by atoms with van der Waals surface area (Å²) in [6.45, 7) is 9.47. The van der Waals surface area contributed by atoms with Gasteiger partial charge in [0, 0.05) is 21.4 Å². The Hall–Kier alpha value is -1.15. The minimum atomic E-state index is 0.108. The lowest BCUT2D eigenvalue weighted by Gasteiger charge is -2.37. The van der Waals surface area contributed by atoms with Gasteiger partial charge < -0.3 is 0 Å². The number of fused-ring (bicyclic) bond motifs is 4. The number of halogens is 1. The molecule has 0 fully saturated rings. The second-order valence-corrected chi connectivity index (χ2v) is 14.1. The molecule has 1 aliphatic rings. The molecule has 37 heavy (non-hydrogen) atoms. The van der Waals surface area contributed by atoms with Crippen LogP contribution in [0.2, 0.25) is 0 Å². The number of thiophene rings is 2. The van der Waals surface area contributed by atoms with Gasteiger partial charge in [-0.1, -0.05) is 79.1 Å². The summed E-state index contributed by atoms with van der Waals surface area (Å²) in [5, 5.41) is 2.34. The largest absolute Gasteiger partial charge is 0.252 e. The summed E-state index contributed by atoms with van der Waals surface area (Å²) >= 11 is 8.75. The fourth-order valence-corrected chi connectivity index (χ4v) is 9.84. The van der Waals surface area contributed by atoms with Gasteiger partial charge in [-0.25, -0.2) is 0 Å².